The number of nitrogens with zero attached hydrogens (tertiary/aromatic N) is 3. The molecular weight excluding hydrogens is 337 g/mol. The third-order valence-corrected chi connectivity index (χ3v) is 2.98. The van der Waals surface area contributed by atoms with Gasteiger partial charge in [-0.3, -0.25) is 14.8 Å². The third kappa shape index (κ3) is 2.82. The molecule has 0 unspecified atom stereocenters. The van der Waals surface area contributed by atoms with Crippen LogP contribution in [0.25, 0.3) is 0 Å². The lowest BCUT2D eigenvalue weighted by molar-refractivity contribution is -0.385. The minimum atomic E-state index is -1.51. The molecule has 0 saturated heterocycles. The molecule has 1 heterocycles. The van der Waals surface area contributed by atoms with Crippen LogP contribution in [0, 0.1) is 15.9 Å². The van der Waals surface area contributed by atoms with E-state index in [0.29, 0.717) is 4.47 Å². The fourth-order valence-corrected chi connectivity index (χ4v) is 2.03. The predicted molar refractivity (Wildman–Crippen MR) is 69.0 cm³/mol. The highest BCUT2D eigenvalue weighted by molar-refractivity contribution is 9.10. The quantitative estimate of drug-likeness (QED) is 0.679. The number of rotatable bonds is 4. The second-order valence-electron chi connectivity index (χ2n) is 3.86. The Morgan fingerprint density at radius 3 is 2.80 bits per heavy atom. The van der Waals surface area contributed by atoms with E-state index in [2.05, 4.69) is 21.0 Å². The molecule has 0 saturated carbocycles. The minimum absolute atomic E-state index is 0.112. The Labute approximate surface area is 119 Å². The summed E-state index contributed by atoms with van der Waals surface area (Å²) in [7, 11) is 0. The number of aromatic carboxylic acids is 1. The van der Waals surface area contributed by atoms with Gasteiger partial charge in [0.2, 0.25) is 5.69 Å². The van der Waals surface area contributed by atoms with E-state index in [1.54, 1.807) is 0 Å². The Hall–Kier alpha value is -2.29. The topological polar surface area (TPSA) is 98.3 Å². The number of nitro groups is 1. The molecule has 1 N–H and O–H groups in total. The number of carboxylic acids is 1. The molecule has 0 bridgehead atoms. The van der Waals surface area contributed by atoms with Gasteiger partial charge in [-0.2, -0.15) is 5.10 Å². The lowest BCUT2D eigenvalue weighted by Gasteiger charge is -2.03. The molecule has 0 aliphatic heterocycles. The number of halogens is 2. The van der Waals surface area contributed by atoms with Crippen LogP contribution in [-0.2, 0) is 6.54 Å². The number of carboxylic acid groups (broad SMARTS) is 1. The van der Waals surface area contributed by atoms with Gasteiger partial charge in [0.05, 0.1) is 11.5 Å². The zero-order valence-corrected chi connectivity index (χ0v) is 11.4. The molecule has 0 spiro atoms. The normalized spacial score (nSPS) is 10.5. The van der Waals surface area contributed by atoms with Crippen molar-refractivity contribution >= 4 is 27.6 Å². The summed E-state index contributed by atoms with van der Waals surface area (Å²) in [5.74, 6) is -2.02. The van der Waals surface area contributed by atoms with Crippen molar-refractivity contribution in [2.45, 2.75) is 6.54 Å². The molecular formula is C11H7BrFN3O4. The van der Waals surface area contributed by atoms with Crippen LogP contribution in [0.15, 0.2) is 28.9 Å². The first-order valence-corrected chi connectivity index (χ1v) is 6.07. The molecule has 0 amide bonds. The summed E-state index contributed by atoms with van der Waals surface area (Å²) in [4.78, 5) is 20.7. The Morgan fingerprint density at radius 1 is 1.55 bits per heavy atom. The number of aromatic nitrogens is 2. The maximum Gasteiger partial charge on any atom is 0.363 e. The lowest BCUT2D eigenvalue weighted by Crippen LogP contribution is -2.05. The molecule has 0 radical (unpaired) electrons. The van der Waals surface area contributed by atoms with Gasteiger partial charge in [-0.1, -0.05) is 15.9 Å². The molecule has 0 aliphatic rings. The van der Waals surface area contributed by atoms with Crippen LogP contribution in [0.3, 0.4) is 0 Å². The zero-order valence-electron chi connectivity index (χ0n) is 9.79. The van der Waals surface area contributed by atoms with Gasteiger partial charge in [0.25, 0.3) is 0 Å². The molecule has 9 heteroatoms. The van der Waals surface area contributed by atoms with E-state index in [9.17, 15) is 19.3 Å². The number of hydrogen-bond donors (Lipinski definition) is 1. The van der Waals surface area contributed by atoms with Crippen molar-refractivity contribution in [2.24, 2.45) is 0 Å². The summed E-state index contributed by atoms with van der Waals surface area (Å²) in [6.07, 6.45) is 0.962. The molecule has 1 aromatic carbocycles. The van der Waals surface area contributed by atoms with E-state index >= 15 is 0 Å². The first-order chi connectivity index (χ1) is 9.38. The first kappa shape index (κ1) is 14.1. The van der Waals surface area contributed by atoms with Crippen molar-refractivity contribution in [3.05, 3.63) is 56.1 Å². The highest BCUT2D eigenvalue weighted by Crippen LogP contribution is 2.20. The highest BCUT2D eigenvalue weighted by Gasteiger charge is 2.25. The first-order valence-electron chi connectivity index (χ1n) is 5.27. The SMILES string of the molecule is O=C(O)c1nn(Cc2cc(Br)ccc2F)cc1[N+](=O)[O-]. The Kier molecular flexibility index (Phi) is 3.79. The second-order valence-corrected chi connectivity index (χ2v) is 4.77. The second kappa shape index (κ2) is 5.37. The van der Waals surface area contributed by atoms with Crippen molar-refractivity contribution in [1.82, 2.24) is 9.78 Å². The molecule has 104 valence electrons. The summed E-state index contributed by atoms with van der Waals surface area (Å²) >= 11 is 3.18. The van der Waals surface area contributed by atoms with Crippen LogP contribution in [-0.4, -0.2) is 25.8 Å². The van der Waals surface area contributed by atoms with Crippen LogP contribution >= 0.6 is 15.9 Å². The average Bonchev–Trinajstić information content (AvgIpc) is 2.78. The van der Waals surface area contributed by atoms with Gasteiger partial charge in [-0.25, -0.2) is 9.18 Å². The fourth-order valence-electron chi connectivity index (χ4n) is 1.62. The molecule has 20 heavy (non-hydrogen) atoms. The van der Waals surface area contributed by atoms with Gasteiger partial charge in [0.15, 0.2) is 0 Å². The molecule has 7 nitrogen and oxygen atoms in total. The van der Waals surface area contributed by atoms with E-state index in [-0.39, 0.29) is 12.1 Å². The van der Waals surface area contributed by atoms with Crippen molar-refractivity contribution in [3.63, 3.8) is 0 Å². The van der Waals surface area contributed by atoms with Crippen LogP contribution < -0.4 is 0 Å². The minimum Gasteiger partial charge on any atom is -0.476 e. The van der Waals surface area contributed by atoms with Crippen LogP contribution in [0.4, 0.5) is 10.1 Å². The van der Waals surface area contributed by atoms with Crippen molar-refractivity contribution < 1.29 is 19.2 Å². The van der Waals surface area contributed by atoms with E-state index in [1.807, 2.05) is 0 Å². The van der Waals surface area contributed by atoms with E-state index in [1.165, 1.54) is 18.2 Å². The summed E-state index contributed by atoms with van der Waals surface area (Å²) < 4.78 is 15.2. The Morgan fingerprint density at radius 2 is 2.25 bits per heavy atom. The molecule has 1 aromatic heterocycles. The predicted octanol–water partition coefficient (Wildman–Crippen LogP) is 2.44. The van der Waals surface area contributed by atoms with Gasteiger partial charge in [0, 0.05) is 10.0 Å². The molecule has 0 atom stereocenters. The largest absolute Gasteiger partial charge is 0.476 e. The van der Waals surface area contributed by atoms with E-state index < -0.39 is 28.1 Å². The molecule has 0 fully saturated rings. The summed E-state index contributed by atoms with van der Waals surface area (Å²) in [6, 6.07) is 4.23. The van der Waals surface area contributed by atoms with E-state index in [4.69, 9.17) is 5.11 Å². The van der Waals surface area contributed by atoms with Crippen molar-refractivity contribution in [3.8, 4) is 0 Å². The van der Waals surface area contributed by atoms with Crippen molar-refractivity contribution in [1.29, 1.82) is 0 Å². The maximum absolute atomic E-state index is 13.6. The molecule has 2 aromatic rings. The summed E-state index contributed by atoms with van der Waals surface area (Å²) in [5, 5.41) is 23.1. The monoisotopic (exact) mass is 343 g/mol. The zero-order chi connectivity index (χ0) is 14.9. The number of hydrogen-bond acceptors (Lipinski definition) is 4. The van der Waals surface area contributed by atoms with Crippen LogP contribution in [0.2, 0.25) is 0 Å². The number of benzene rings is 1. The highest BCUT2D eigenvalue weighted by atomic mass is 79.9. The van der Waals surface area contributed by atoms with Gasteiger partial charge in [0.1, 0.15) is 12.0 Å². The van der Waals surface area contributed by atoms with Gasteiger partial charge < -0.3 is 5.11 Å². The van der Waals surface area contributed by atoms with Gasteiger partial charge in [-0.05, 0) is 18.2 Å². The maximum atomic E-state index is 13.6. The van der Waals surface area contributed by atoms with Crippen molar-refractivity contribution in [2.75, 3.05) is 0 Å². The fraction of sp³-hybridized carbons (Fsp3) is 0.0909. The van der Waals surface area contributed by atoms with Gasteiger partial charge >= 0.3 is 11.7 Å². The van der Waals surface area contributed by atoms with Gasteiger partial charge in [-0.15, -0.1) is 0 Å². The molecule has 0 aliphatic carbocycles. The summed E-state index contributed by atoms with van der Waals surface area (Å²) in [6.45, 7) is -0.112. The molecule has 2 rings (SSSR count). The van der Waals surface area contributed by atoms with Crippen LogP contribution in [0.1, 0.15) is 16.1 Å². The lowest BCUT2D eigenvalue weighted by atomic mass is 10.2. The standard InChI is InChI=1S/C11H7BrFN3O4/c12-7-1-2-8(13)6(3-7)4-15-5-9(16(19)20)10(14-15)11(17)18/h1-3,5H,4H2,(H,17,18). The third-order valence-electron chi connectivity index (χ3n) is 2.48. The Bertz CT molecular complexity index is 669. The Balaban J connectivity index is 2.39. The van der Waals surface area contributed by atoms with E-state index in [0.717, 1.165) is 10.9 Å². The smallest absolute Gasteiger partial charge is 0.363 e. The van der Waals surface area contributed by atoms with Crippen LogP contribution in [0.5, 0.6) is 0 Å². The summed E-state index contributed by atoms with van der Waals surface area (Å²) in [5.41, 5.74) is -1.08. The average molecular weight is 344 g/mol. The number of carbonyl (C=O) groups is 1.